The Kier molecular flexibility index (Phi) is 4.25. The number of aryl methyl sites for hydroxylation is 1. The second kappa shape index (κ2) is 5.79. The third kappa shape index (κ3) is 3.77. The number of nitrogen functional groups attached to an aromatic ring is 1. The highest BCUT2D eigenvalue weighted by Gasteiger charge is 2.30. The molecule has 0 saturated carbocycles. The number of hydrogen-bond acceptors (Lipinski definition) is 2. The highest BCUT2D eigenvalue weighted by Crippen LogP contribution is 2.33. The Morgan fingerprint density at radius 2 is 2.00 bits per heavy atom. The van der Waals surface area contributed by atoms with Crippen molar-refractivity contribution < 1.29 is 13.2 Å². The lowest BCUT2D eigenvalue weighted by Crippen LogP contribution is -2.05. The van der Waals surface area contributed by atoms with Gasteiger partial charge in [-0.2, -0.15) is 18.3 Å². The molecule has 6 heteroatoms. The van der Waals surface area contributed by atoms with Gasteiger partial charge in [0.2, 0.25) is 0 Å². The minimum absolute atomic E-state index is 0.380. The van der Waals surface area contributed by atoms with E-state index in [1.165, 1.54) is 6.07 Å². The third-order valence-corrected chi connectivity index (χ3v) is 3.19. The van der Waals surface area contributed by atoms with Crippen LogP contribution in [-0.4, -0.2) is 9.78 Å². The fourth-order valence-corrected chi connectivity index (χ4v) is 2.01. The van der Waals surface area contributed by atoms with Crippen LogP contribution in [0, 0.1) is 5.92 Å². The maximum Gasteiger partial charge on any atom is 0.416 e. The molecule has 0 aliphatic rings. The average Bonchev–Trinajstić information content (AvgIpc) is 2.77. The Balaban J connectivity index is 2.30. The summed E-state index contributed by atoms with van der Waals surface area (Å²) in [5.41, 5.74) is 6.34. The van der Waals surface area contributed by atoms with Gasteiger partial charge in [-0.05, 0) is 24.5 Å². The Labute approximate surface area is 121 Å². The van der Waals surface area contributed by atoms with Crippen LogP contribution in [0.4, 0.5) is 18.9 Å². The zero-order valence-corrected chi connectivity index (χ0v) is 12.0. The summed E-state index contributed by atoms with van der Waals surface area (Å²) in [6.07, 6.45) is -1.77. The second-order valence-electron chi connectivity index (χ2n) is 5.46. The van der Waals surface area contributed by atoms with Crippen LogP contribution in [-0.2, 0) is 12.7 Å². The maximum absolute atomic E-state index is 12.7. The van der Waals surface area contributed by atoms with Gasteiger partial charge in [0.25, 0.3) is 0 Å². The highest BCUT2D eigenvalue weighted by atomic mass is 19.4. The zero-order valence-electron chi connectivity index (χ0n) is 12.0. The first-order chi connectivity index (χ1) is 9.77. The summed E-state index contributed by atoms with van der Waals surface area (Å²) in [7, 11) is 0. The number of aromatic nitrogens is 2. The topological polar surface area (TPSA) is 43.8 Å². The van der Waals surface area contributed by atoms with Crippen molar-refractivity contribution in [3.63, 3.8) is 0 Å². The Bertz CT molecular complexity index is 615. The van der Waals surface area contributed by atoms with Gasteiger partial charge in [0, 0.05) is 18.3 Å². The lowest BCUT2D eigenvalue weighted by Gasteiger charge is -2.08. The van der Waals surface area contributed by atoms with Gasteiger partial charge in [-0.1, -0.05) is 26.0 Å². The molecular weight excluding hydrogens is 279 g/mol. The molecule has 114 valence electrons. The Hall–Kier alpha value is -1.98. The number of nitrogens with zero attached hydrogens (tertiary/aromatic N) is 2. The van der Waals surface area contributed by atoms with Gasteiger partial charge in [0.05, 0.1) is 11.3 Å². The number of nitrogens with two attached hydrogens (primary N) is 1. The molecular formula is C15H18F3N3. The molecule has 2 N–H and O–H groups in total. The van der Waals surface area contributed by atoms with E-state index in [-0.39, 0.29) is 0 Å². The molecule has 0 radical (unpaired) electrons. The van der Waals surface area contributed by atoms with Crippen molar-refractivity contribution in [1.29, 1.82) is 0 Å². The lowest BCUT2D eigenvalue weighted by molar-refractivity contribution is -0.137. The molecule has 0 aliphatic heterocycles. The fraction of sp³-hybridized carbons (Fsp3) is 0.400. The highest BCUT2D eigenvalue weighted by molar-refractivity contribution is 5.72. The van der Waals surface area contributed by atoms with Gasteiger partial charge < -0.3 is 5.73 Å². The molecule has 0 unspecified atom stereocenters. The first-order valence-electron chi connectivity index (χ1n) is 6.78. The summed E-state index contributed by atoms with van der Waals surface area (Å²) in [5, 5.41) is 4.30. The average molecular weight is 297 g/mol. The molecule has 0 fully saturated rings. The van der Waals surface area contributed by atoms with Crippen LogP contribution in [0.25, 0.3) is 11.3 Å². The normalized spacial score (nSPS) is 12.1. The molecule has 0 amide bonds. The van der Waals surface area contributed by atoms with E-state index in [0.717, 1.165) is 18.6 Å². The quantitative estimate of drug-likeness (QED) is 0.919. The lowest BCUT2D eigenvalue weighted by atomic mass is 10.1. The monoisotopic (exact) mass is 297 g/mol. The largest absolute Gasteiger partial charge is 0.416 e. The van der Waals surface area contributed by atoms with Crippen LogP contribution in [0.5, 0.6) is 0 Å². The number of benzene rings is 1. The number of hydrogen-bond donors (Lipinski definition) is 1. The molecule has 0 bridgehead atoms. The first kappa shape index (κ1) is 15.4. The van der Waals surface area contributed by atoms with E-state index in [1.807, 2.05) is 0 Å². The molecule has 0 atom stereocenters. The minimum Gasteiger partial charge on any atom is -0.396 e. The Morgan fingerprint density at radius 3 is 2.62 bits per heavy atom. The molecule has 21 heavy (non-hydrogen) atoms. The SMILES string of the molecule is CC(C)CCn1cc(N)c(-c2cccc(C(F)(F)F)c2)n1. The maximum atomic E-state index is 12.7. The van der Waals surface area contributed by atoms with Crippen LogP contribution in [0.15, 0.2) is 30.5 Å². The molecule has 2 rings (SSSR count). The van der Waals surface area contributed by atoms with Crippen molar-refractivity contribution in [2.24, 2.45) is 5.92 Å². The van der Waals surface area contributed by atoms with Gasteiger partial charge >= 0.3 is 6.18 Å². The summed E-state index contributed by atoms with van der Waals surface area (Å²) in [5.74, 6) is 0.521. The zero-order chi connectivity index (χ0) is 15.6. The van der Waals surface area contributed by atoms with Crippen molar-refractivity contribution >= 4 is 5.69 Å². The van der Waals surface area contributed by atoms with Crippen LogP contribution < -0.4 is 5.73 Å². The predicted molar refractivity (Wildman–Crippen MR) is 76.5 cm³/mol. The van der Waals surface area contributed by atoms with Crippen LogP contribution >= 0.6 is 0 Å². The Morgan fingerprint density at radius 1 is 1.29 bits per heavy atom. The van der Waals surface area contributed by atoms with Crippen molar-refractivity contribution in [3.8, 4) is 11.3 Å². The van der Waals surface area contributed by atoms with E-state index in [0.29, 0.717) is 29.4 Å². The van der Waals surface area contributed by atoms with E-state index < -0.39 is 11.7 Å². The standard InChI is InChI=1S/C15H18F3N3/c1-10(2)6-7-21-9-13(19)14(20-21)11-4-3-5-12(8-11)15(16,17)18/h3-5,8-10H,6-7,19H2,1-2H3. The van der Waals surface area contributed by atoms with Gasteiger partial charge in [-0.15, -0.1) is 0 Å². The van der Waals surface area contributed by atoms with E-state index in [4.69, 9.17) is 5.73 Å². The first-order valence-corrected chi connectivity index (χ1v) is 6.78. The minimum atomic E-state index is -4.37. The van der Waals surface area contributed by atoms with Gasteiger partial charge in [-0.3, -0.25) is 4.68 Å². The molecule has 0 spiro atoms. The van der Waals surface area contributed by atoms with Crippen molar-refractivity contribution in [2.45, 2.75) is 33.0 Å². The van der Waals surface area contributed by atoms with Gasteiger partial charge in [0.1, 0.15) is 5.69 Å². The number of anilines is 1. The summed E-state index contributed by atoms with van der Waals surface area (Å²) in [4.78, 5) is 0. The van der Waals surface area contributed by atoms with E-state index >= 15 is 0 Å². The van der Waals surface area contributed by atoms with E-state index in [9.17, 15) is 13.2 Å². The molecule has 3 nitrogen and oxygen atoms in total. The number of alkyl halides is 3. The molecule has 1 aromatic heterocycles. The summed E-state index contributed by atoms with van der Waals surface area (Å²) in [6, 6.07) is 5.06. The van der Waals surface area contributed by atoms with Crippen LogP contribution in [0.3, 0.4) is 0 Å². The molecule has 0 saturated heterocycles. The number of halogens is 3. The van der Waals surface area contributed by atoms with Crippen molar-refractivity contribution in [1.82, 2.24) is 9.78 Å². The smallest absolute Gasteiger partial charge is 0.396 e. The van der Waals surface area contributed by atoms with Crippen LogP contribution in [0.1, 0.15) is 25.8 Å². The fourth-order valence-electron chi connectivity index (χ4n) is 2.01. The van der Waals surface area contributed by atoms with Crippen molar-refractivity contribution in [3.05, 3.63) is 36.0 Å². The predicted octanol–water partition coefficient (Wildman–Crippen LogP) is 4.20. The van der Waals surface area contributed by atoms with Crippen molar-refractivity contribution in [2.75, 3.05) is 5.73 Å². The molecule has 1 heterocycles. The summed E-state index contributed by atoms with van der Waals surface area (Å²) >= 11 is 0. The van der Waals surface area contributed by atoms with E-state index in [2.05, 4.69) is 18.9 Å². The number of rotatable bonds is 4. The summed E-state index contributed by atoms with van der Waals surface area (Å²) in [6.45, 7) is 4.89. The van der Waals surface area contributed by atoms with Gasteiger partial charge in [-0.25, -0.2) is 0 Å². The van der Waals surface area contributed by atoms with E-state index in [1.54, 1.807) is 16.9 Å². The summed E-state index contributed by atoms with van der Waals surface area (Å²) < 4.78 is 39.9. The third-order valence-electron chi connectivity index (χ3n) is 3.19. The second-order valence-corrected chi connectivity index (χ2v) is 5.46. The molecule has 2 aromatic rings. The van der Waals surface area contributed by atoms with Crippen LogP contribution in [0.2, 0.25) is 0 Å². The van der Waals surface area contributed by atoms with Gasteiger partial charge in [0.15, 0.2) is 0 Å². The molecule has 1 aromatic carbocycles. The molecule has 0 aliphatic carbocycles.